The number of rotatable bonds is 0. The van der Waals surface area contributed by atoms with Crippen LogP contribution < -0.4 is 0 Å². The van der Waals surface area contributed by atoms with E-state index in [0.717, 1.165) is 0 Å². The molecule has 0 spiro atoms. The van der Waals surface area contributed by atoms with Crippen LogP contribution in [0.2, 0.25) is 0 Å². The Hall–Kier alpha value is -0.300. The highest BCUT2D eigenvalue weighted by Gasteiger charge is 2.35. The maximum absolute atomic E-state index is 9.27. The summed E-state index contributed by atoms with van der Waals surface area (Å²) >= 11 is 0. The molecule has 1 heteroatoms. The van der Waals surface area contributed by atoms with E-state index < -0.39 is 0 Å². The summed E-state index contributed by atoms with van der Waals surface area (Å²) in [5.74, 6) is 1.03. The van der Waals surface area contributed by atoms with Crippen LogP contribution in [0.25, 0.3) is 0 Å². The lowest BCUT2D eigenvalue weighted by atomic mass is 10.1. The molecule has 0 heterocycles. The van der Waals surface area contributed by atoms with Crippen LogP contribution in [0, 0.1) is 11.8 Å². The number of aliphatic hydroxyl groups excluding tert-OH is 1. The highest BCUT2D eigenvalue weighted by molar-refractivity contribution is 5.11. The van der Waals surface area contributed by atoms with E-state index in [1.807, 2.05) is 0 Å². The lowest BCUT2D eigenvalue weighted by Gasteiger charge is -2.04. The van der Waals surface area contributed by atoms with Gasteiger partial charge in [0.1, 0.15) is 0 Å². The summed E-state index contributed by atoms with van der Waals surface area (Å²) in [6, 6.07) is 0. The van der Waals surface area contributed by atoms with Crippen molar-refractivity contribution in [2.24, 2.45) is 11.8 Å². The molecule has 0 aliphatic heterocycles. The molecule has 2 bridgehead atoms. The van der Waals surface area contributed by atoms with Gasteiger partial charge in [-0.05, 0) is 12.8 Å². The number of fused-ring (bicyclic) bond motifs is 2. The monoisotopic (exact) mass is 110 g/mol. The third kappa shape index (κ3) is 0.402. The minimum absolute atomic E-state index is 0.0185. The predicted octanol–water partition coefficient (Wildman–Crippen LogP) is 0.943. The van der Waals surface area contributed by atoms with E-state index in [2.05, 4.69) is 12.2 Å². The van der Waals surface area contributed by atoms with Gasteiger partial charge in [-0.2, -0.15) is 0 Å². The third-order valence-corrected chi connectivity index (χ3v) is 2.32. The third-order valence-electron chi connectivity index (χ3n) is 2.32. The maximum Gasteiger partial charge on any atom is 0.0665 e. The molecule has 0 amide bonds. The second kappa shape index (κ2) is 1.35. The maximum atomic E-state index is 9.27. The predicted molar refractivity (Wildman–Crippen MR) is 31.4 cm³/mol. The first-order valence-corrected chi connectivity index (χ1v) is 3.24. The van der Waals surface area contributed by atoms with Crippen molar-refractivity contribution in [2.75, 3.05) is 0 Å². The van der Waals surface area contributed by atoms with Crippen molar-refractivity contribution < 1.29 is 5.11 Å². The SMILES string of the molecule is OC1[C@@H]2C=C[C@H]1CC2. The molecule has 3 atom stereocenters. The average molecular weight is 110 g/mol. The topological polar surface area (TPSA) is 20.2 Å². The molecular formula is C7H10O. The van der Waals surface area contributed by atoms with Crippen molar-refractivity contribution >= 4 is 0 Å². The van der Waals surface area contributed by atoms with Gasteiger partial charge in [0.2, 0.25) is 0 Å². The Kier molecular flexibility index (Phi) is 0.770. The molecule has 2 aliphatic rings. The highest BCUT2D eigenvalue weighted by Crippen LogP contribution is 2.38. The van der Waals surface area contributed by atoms with Crippen molar-refractivity contribution in [3.05, 3.63) is 12.2 Å². The van der Waals surface area contributed by atoms with E-state index in [1.54, 1.807) is 0 Å². The number of hydrogen-bond acceptors (Lipinski definition) is 1. The molecular weight excluding hydrogens is 100 g/mol. The van der Waals surface area contributed by atoms with Gasteiger partial charge in [-0.15, -0.1) is 0 Å². The zero-order valence-corrected chi connectivity index (χ0v) is 4.75. The standard InChI is InChI=1S/C7H10O/c8-7-5-1-2-6(7)4-3-5/h1-2,5-8H,3-4H2/t5-,6+,7?. The Morgan fingerprint density at radius 1 is 1.12 bits per heavy atom. The van der Waals surface area contributed by atoms with Crippen molar-refractivity contribution in [2.45, 2.75) is 18.9 Å². The van der Waals surface area contributed by atoms with Gasteiger partial charge in [0.15, 0.2) is 0 Å². The molecule has 0 saturated heterocycles. The summed E-state index contributed by atoms with van der Waals surface area (Å²) in [5, 5.41) is 9.27. The molecule has 8 heavy (non-hydrogen) atoms. The molecule has 2 aliphatic carbocycles. The van der Waals surface area contributed by atoms with E-state index in [4.69, 9.17) is 0 Å². The summed E-state index contributed by atoms with van der Waals surface area (Å²) < 4.78 is 0. The van der Waals surface area contributed by atoms with Crippen molar-refractivity contribution in [3.8, 4) is 0 Å². The first-order valence-electron chi connectivity index (χ1n) is 3.24. The molecule has 1 N–H and O–H groups in total. The van der Waals surface area contributed by atoms with Gasteiger partial charge < -0.3 is 5.11 Å². The van der Waals surface area contributed by atoms with E-state index in [1.165, 1.54) is 12.8 Å². The normalized spacial score (nSPS) is 50.9. The summed E-state index contributed by atoms with van der Waals surface area (Å²) in [6.45, 7) is 0. The largest absolute Gasteiger partial charge is 0.392 e. The molecule has 0 aromatic carbocycles. The fourth-order valence-corrected chi connectivity index (χ4v) is 1.75. The lowest BCUT2D eigenvalue weighted by molar-refractivity contribution is 0.137. The minimum Gasteiger partial charge on any atom is -0.392 e. The van der Waals surface area contributed by atoms with E-state index in [9.17, 15) is 5.11 Å². The second-order valence-electron chi connectivity index (χ2n) is 2.78. The van der Waals surface area contributed by atoms with Crippen LogP contribution in [0.5, 0.6) is 0 Å². The zero-order chi connectivity index (χ0) is 5.56. The Morgan fingerprint density at radius 3 is 1.75 bits per heavy atom. The Labute approximate surface area is 49.0 Å². The van der Waals surface area contributed by atoms with Crippen molar-refractivity contribution in [1.29, 1.82) is 0 Å². The van der Waals surface area contributed by atoms with Gasteiger partial charge in [-0.1, -0.05) is 12.2 Å². The minimum atomic E-state index is -0.0185. The summed E-state index contributed by atoms with van der Waals surface area (Å²) in [7, 11) is 0. The molecule has 44 valence electrons. The molecule has 1 nitrogen and oxygen atoms in total. The molecule has 1 fully saturated rings. The molecule has 0 aromatic rings. The van der Waals surface area contributed by atoms with Crippen LogP contribution in [0.4, 0.5) is 0 Å². The van der Waals surface area contributed by atoms with Crippen LogP contribution in [-0.4, -0.2) is 11.2 Å². The van der Waals surface area contributed by atoms with Gasteiger partial charge >= 0.3 is 0 Å². The van der Waals surface area contributed by atoms with Gasteiger partial charge in [0.05, 0.1) is 6.10 Å². The van der Waals surface area contributed by atoms with Crippen LogP contribution in [0.3, 0.4) is 0 Å². The van der Waals surface area contributed by atoms with Crippen LogP contribution >= 0.6 is 0 Å². The van der Waals surface area contributed by atoms with Crippen molar-refractivity contribution in [1.82, 2.24) is 0 Å². The molecule has 0 radical (unpaired) electrons. The Morgan fingerprint density at radius 2 is 1.62 bits per heavy atom. The Bertz CT molecular complexity index is 114. The van der Waals surface area contributed by atoms with Crippen LogP contribution in [0.15, 0.2) is 12.2 Å². The number of aliphatic hydroxyl groups is 1. The van der Waals surface area contributed by atoms with Gasteiger partial charge in [-0.25, -0.2) is 0 Å². The lowest BCUT2D eigenvalue weighted by Crippen LogP contribution is -2.11. The fraction of sp³-hybridized carbons (Fsp3) is 0.714. The fourth-order valence-electron chi connectivity index (χ4n) is 1.75. The zero-order valence-electron chi connectivity index (χ0n) is 4.75. The van der Waals surface area contributed by atoms with Crippen LogP contribution in [0.1, 0.15) is 12.8 Å². The smallest absolute Gasteiger partial charge is 0.0665 e. The second-order valence-corrected chi connectivity index (χ2v) is 2.78. The molecule has 1 saturated carbocycles. The van der Waals surface area contributed by atoms with Gasteiger partial charge in [0, 0.05) is 11.8 Å². The van der Waals surface area contributed by atoms with Crippen LogP contribution in [-0.2, 0) is 0 Å². The quantitative estimate of drug-likeness (QED) is 0.460. The highest BCUT2D eigenvalue weighted by atomic mass is 16.3. The first-order chi connectivity index (χ1) is 3.88. The molecule has 2 rings (SSSR count). The average Bonchev–Trinajstić information content (AvgIpc) is 2.29. The van der Waals surface area contributed by atoms with Gasteiger partial charge in [-0.3, -0.25) is 0 Å². The summed E-state index contributed by atoms with van der Waals surface area (Å²) in [5.41, 5.74) is 0. The number of hydrogen-bond donors (Lipinski definition) is 1. The molecule has 1 unspecified atom stereocenters. The summed E-state index contributed by atoms with van der Waals surface area (Å²) in [6.07, 6.45) is 6.71. The van der Waals surface area contributed by atoms with Crippen molar-refractivity contribution in [3.63, 3.8) is 0 Å². The summed E-state index contributed by atoms with van der Waals surface area (Å²) in [4.78, 5) is 0. The Balaban J connectivity index is 2.27. The van der Waals surface area contributed by atoms with E-state index >= 15 is 0 Å². The van der Waals surface area contributed by atoms with Gasteiger partial charge in [0.25, 0.3) is 0 Å². The van der Waals surface area contributed by atoms with E-state index in [-0.39, 0.29) is 6.10 Å². The molecule has 0 aromatic heterocycles. The first kappa shape index (κ1) is 4.57. The van der Waals surface area contributed by atoms with E-state index in [0.29, 0.717) is 11.8 Å².